The van der Waals surface area contributed by atoms with Gasteiger partial charge < -0.3 is 0 Å². The van der Waals surface area contributed by atoms with Gasteiger partial charge in [-0.25, -0.2) is 0 Å². The van der Waals surface area contributed by atoms with Gasteiger partial charge in [-0.15, -0.1) is 0 Å². The standard InChI is InChI=1S/C31H32/c1-6-24-19-23(3)21-29(30(24)26-15-11-8-12-16-26)31(4,5)28-20-22(2)17-18-27(28)25-13-9-7-10-14-25/h7-21H,6H2,1-5H3. The number of hydrogen-bond donors (Lipinski definition) is 0. The van der Waals surface area contributed by atoms with Crippen LogP contribution in [0.25, 0.3) is 22.3 Å². The molecule has 0 saturated carbocycles. The van der Waals surface area contributed by atoms with Gasteiger partial charge in [-0.2, -0.15) is 0 Å². The number of aryl methyl sites for hydroxylation is 3. The Kier molecular flexibility index (Phi) is 5.83. The molecule has 4 aromatic rings. The highest BCUT2D eigenvalue weighted by molar-refractivity contribution is 5.77. The second-order valence-corrected chi connectivity index (χ2v) is 9.11. The summed E-state index contributed by atoms with van der Waals surface area (Å²) in [6, 6.07) is 33.3. The van der Waals surface area contributed by atoms with Crippen molar-refractivity contribution in [2.45, 2.75) is 46.5 Å². The summed E-state index contributed by atoms with van der Waals surface area (Å²) in [4.78, 5) is 0. The third-order valence-corrected chi connectivity index (χ3v) is 6.41. The summed E-state index contributed by atoms with van der Waals surface area (Å²) in [5, 5.41) is 0. The van der Waals surface area contributed by atoms with Crippen LogP contribution in [0.15, 0.2) is 91.0 Å². The van der Waals surface area contributed by atoms with Gasteiger partial charge in [0.1, 0.15) is 0 Å². The van der Waals surface area contributed by atoms with Crippen LogP contribution < -0.4 is 0 Å². The molecule has 0 N–H and O–H groups in total. The van der Waals surface area contributed by atoms with Crippen LogP contribution in [0.2, 0.25) is 0 Å². The zero-order chi connectivity index (χ0) is 22.0. The summed E-state index contributed by atoms with van der Waals surface area (Å²) >= 11 is 0. The molecule has 0 aromatic heterocycles. The van der Waals surface area contributed by atoms with Crippen LogP contribution in [0, 0.1) is 13.8 Å². The van der Waals surface area contributed by atoms with E-state index in [1.165, 1.54) is 50.1 Å². The molecule has 0 amide bonds. The summed E-state index contributed by atoms with van der Waals surface area (Å²) in [6.07, 6.45) is 1.02. The first-order valence-corrected chi connectivity index (χ1v) is 11.3. The highest BCUT2D eigenvalue weighted by Crippen LogP contribution is 2.44. The van der Waals surface area contributed by atoms with E-state index < -0.39 is 0 Å². The van der Waals surface area contributed by atoms with Gasteiger partial charge in [0.05, 0.1) is 0 Å². The fourth-order valence-corrected chi connectivity index (χ4v) is 4.77. The van der Waals surface area contributed by atoms with Crippen molar-refractivity contribution in [3.8, 4) is 22.3 Å². The summed E-state index contributed by atoms with van der Waals surface area (Å²) in [7, 11) is 0. The summed E-state index contributed by atoms with van der Waals surface area (Å²) in [5.74, 6) is 0. The average Bonchev–Trinajstić information content (AvgIpc) is 2.79. The molecule has 31 heavy (non-hydrogen) atoms. The topological polar surface area (TPSA) is 0 Å². The highest BCUT2D eigenvalue weighted by Gasteiger charge is 2.30. The van der Waals surface area contributed by atoms with Gasteiger partial charge in [0.25, 0.3) is 0 Å². The van der Waals surface area contributed by atoms with Gasteiger partial charge in [-0.1, -0.05) is 123 Å². The van der Waals surface area contributed by atoms with E-state index in [-0.39, 0.29) is 5.41 Å². The largest absolute Gasteiger partial charge is 0.0622 e. The maximum atomic E-state index is 2.40. The quantitative estimate of drug-likeness (QED) is 0.313. The molecule has 0 unspecified atom stereocenters. The van der Waals surface area contributed by atoms with E-state index in [4.69, 9.17) is 0 Å². The first-order chi connectivity index (χ1) is 14.9. The van der Waals surface area contributed by atoms with E-state index in [1.54, 1.807) is 0 Å². The van der Waals surface area contributed by atoms with Crippen molar-refractivity contribution in [2.75, 3.05) is 0 Å². The van der Waals surface area contributed by atoms with Crippen molar-refractivity contribution >= 4 is 0 Å². The predicted octanol–water partition coefficient (Wildman–Crippen LogP) is 8.53. The van der Waals surface area contributed by atoms with Crippen molar-refractivity contribution in [3.63, 3.8) is 0 Å². The smallest absolute Gasteiger partial charge is 0.0159 e. The van der Waals surface area contributed by atoms with E-state index >= 15 is 0 Å². The van der Waals surface area contributed by atoms with Crippen molar-refractivity contribution in [2.24, 2.45) is 0 Å². The minimum absolute atomic E-state index is 0.154. The Bertz CT molecular complexity index is 1180. The highest BCUT2D eigenvalue weighted by atomic mass is 14.3. The van der Waals surface area contributed by atoms with Gasteiger partial charge in [0.2, 0.25) is 0 Å². The molecule has 0 spiro atoms. The summed E-state index contributed by atoms with van der Waals surface area (Å²) in [6.45, 7) is 11.5. The Hall–Kier alpha value is -3.12. The monoisotopic (exact) mass is 404 g/mol. The van der Waals surface area contributed by atoms with Gasteiger partial charge in [-0.3, -0.25) is 0 Å². The molecule has 0 aliphatic rings. The van der Waals surface area contributed by atoms with Crippen LogP contribution in [-0.4, -0.2) is 0 Å². The fourth-order valence-electron chi connectivity index (χ4n) is 4.77. The molecule has 0 saturated heterocycles. The first kappa shape index (κ1) is 21.1. The molecule has 0 aliphatic heterocycles. The first-order valence-electron chi connectivity index (χ1n) is 11.3. The normalized spacial score (nSPS) is 11.5. The zero-order valence-electron chi connectivity index (χ0n) is 19.4. The molecule has 4 aromatic carbocycles. The molecular formula is C31H32. The minimum Gasteiger partial charge on any atom is -0.0622 e. The van der Waals surface area contributed by atoms with Crippen LogP contribution in [-0.2, 0) is 11.8 Å². The van der Waals surface area contributed by atoms with Gasteiger partial charge in [-0.05, 0) is 59.2 Å². The van der Waals surface area contributed by atoms with Crippen molar-refractivity contribution < 1.29 is 0 Å². The lowest BCUT2D eigenvalue weighted by molar-refractivity contribution is 0.642. The molecule has 0 radical (unpaired) electrons. The Balaban J connectivity index is 2.02. The summed E-state index contributed by atoms with van der Waals surface area (Å²) in [5.41, 5.74) is 11.9. The molecule has 0 heteroatoms. The van der Waals surface area contributed by atoms with Crippen LogP contribution in [0.3, 0.4) is 0 Å². The van der Waals surface area contributed by atoms with Crippen LogP contribution in [0.5, 0.6) is 0 Å². The average molecular weight is 405 g/mol. The molecule has 4 rings (SSSR count). The Morgan fingerprint density at radius 1 is 0.613 bits per heavy atom. The Morgan fingerprint density at radius 2 is 1.19 bits per heavy atom. The van der Waals surface area contributed by atoms with Gasteiger partial charge in [0.15, 0.2) is 0 Å². The predicted molar refractivity (Wildman–Crippen MR) is 135 cm³/mol. The molecular weight excluding hydrogens is 372 g/mol. The van der Waals surface area contributed by atoms with Crippen molar-refractivity contribution in [1.29, 1.82) is 0 Å². The molecule has 0 heterocycles. The number of rotatable bonds is 5. The maximum absolute atomic E-state index is 2.40. The fraction of sp³-hybridized carbons (Fsp3) is 0.226. The maximum Gasteiger partial charge on any atom is 0.0159 e. The molecule has 0 aliphatic carbocycles. The molecule has 0 atom stereocenters. The third-order valence-electron chi connectivity index (χ3n) is 6.41. The van der Waals surface area contributed by atoms with E-state index in [2.05, 4.69) is 126 Å². The molecule has 0 bridgehead atoms. The van der Waals surface area contributed by atoms with E-state index in [0.29, 0.717) is 0 Å². The van der Waals surface area contributed by atoms with Crippen LogP contribution >= 0.6 is 0 Å². The van der Waals surface area contributed by atoms with Crippen molar-refractivity contribution in [1.82, 2.24) is 0 Å². The molecule has 0 nitrogen and oxygen atoms in total. The van der Waals surface area contributed by atoms with Crippen LogP contribution in [0.1, 0.15) is 48.6 Å². The Morgan fingerprint density at radius 3 is 1.81 bits per heavy atom. The van der Waals surface area contributed by atoms with E-state index in [0.717, 1.165) is 6.42 Å². The van der Waals surface area contributed by atoms with Gasteiger partial charge >= 0.3 is 0 Å². The van der Waals surface area contributed by atoms with E-state index in [9.17, 15) is 0 Å². The van der Waals surface area contributed by atoms with E-state index in [1.807, 2.05) is 0 Å². The third kappa shape index (κ3) is 4.08. The molecule has 156 valence electrons. The lowest BCUT2D eigenvalue weighted by Gasteiger charge is -2.33. The SMILES string of the molecule is CCc1cc(C)cc(C(C)(C)c2cc(C)ccc2-c2ccccc2)c1-c1ccccc1. The minimum atomic E-state index is -0.154. The summed E-state index contributed by atoms with van der Waals surface area (Å²) < 4.78 is 0. The number of hydrogen-bond acceptors (Lipinski definition) is 0. The second kappa shape index (κ2) is 8.55. The van der Waals surface area contributed by atoms with Crippen molar-refractivity contribution in [3.05, 3.63) is 119 Å². The zero-order valence-corrected chi connectivity index (χ0v) is 19.4. The lowest BCUT2D eigenvalue weighted by atomic mass is 9.70. The van der Waals surface area contributed by atoms with Gasteiger partial charge in [0, 0.05) is 5.41 Å². The molecule has 0 fully saturated rings. The second-order valence-electron chi connectivity index (χ2n) is 9.11. The lowest BCUT2D eigenvalue weighted by Crippen LogP contribution is -2.22. The number of benzene rings is 4. The van der Waals surface area contributed by atoms with Crippen LogP contribution in [0.4, 0.5) is 0 Å². The Labute approximate surface area is 187 Å².